The number of aryl methyl sites for hydroxylation is 4. The van der Waals surface area contributed by atoms with Crippen molar-refractivity contribution in [2.75, 3.05) is 0 Å². The third-order valence-corrected chi connectivity index (χ3v) is 3.68. The molecule has 0 unspecified atom stereocenters. The summed E-state index contributed by atoms with van der Waals surface area (Å²) in [5.74, 6) is 0. The summed E-state index contributed by atoms with van der Waals surface area (Å²) in [6.45, 7) is 8.23. The van der Waals surface area contributed by atoms with Gasteiger partial charge in [-0.05, 0) is 57.4 Å². The Kier molecular flexibility index (Phi) is 6.10. The Morgan fingerprint density at radius 1 is 0.565 bits per heavy atom. The van der Waals surface area contributed by atoms with E-state index in [2.05, 4.69) is 67.4 Å². The zero-order chi connectivity index (χ0) is 16.7. The first-order valence-electron chi connectivity index (χ1n) is 8.04. The highest BCUT2D eigenvalue weighted by Crippen LogP contribution is 2.11. The molecule has 118 valence electrons. The van der Waals surface area contributed by atoms with Crippen LogP contribution in [0.2, 0.25) is 0 Å². The summed E-state index contributed by atoms with van der Waals surface area (Å²) in [6.07, 6.45) is 1.03. The molecule has 23 heavy (non-hydrogen) atoms. The maximum atomic E-state index is 4.17. The van der Waals surface area contributed by atoms with Gasteiger partial charge < -0.3 is 0 Å². The summed E-state index contributed by atoms with van der Waals surface area (Å²) >= 11 is 0. The van der Waals surface area contributed by atoms with Crippen molar-refractivity contribution in [3.63, 3.8) is 0 Å². The number of hydrogen-bond donors (Lipinski definition) is 0. The third kappa shape index (κ3) is 6.07. The van der Waals surface area contributed by atoms with Gasteiger partial charge in [-0.3, -0.25) is 4.98 Å². The predicted octanol–water partition coefficient (Wildman–Crippen LogP) is 5.59. The molecular weight excluding hydrogens is 278 g/mol. The first-order valence-corrected chi connectivity index (χ1v) is 8.04. The fraction of sp³-hybridized carbons (Fsp3) is 0.227. The van der Waals surface area contributed by atoms with Crippen molar-refractivity contribution in [2.24, 2.45) is 0 Å². The molecule has 3 aromatic rings. The summed E-state index contributed by atoms with van der Waals surface area (Å²) < 4.78 is 0. The second-order valence-electron chi connectivity index (χ2n) is 6.07. The SMILES string of the molecule is Cc1ccc(Cc2ccc(C)cc2)cc1.Cc1cccc(C)n1. The van der Waals surface area contributed by atoms with Gasteiger partial charge in [0.15, 0.2) is 0 Å². The van der Waals surface area contributed by atoms with Gasteiger partial charge in [-0.1, -0.05) is 65.7 Å². The summed E-state index contributed by atoms with van der Waals surface area (Å²) in [7, 11) is 0. The van der Waals surface area contributed by atoms with Crippen LogP contribution in [0.4, 0.5) is 0 Å². The molecule has 0 saturated carbocycles. The molecule has 0 radical (unpaired) electrons. The second-order valence-corrected chi connectivity index (χ2v) is 6.07. The highest BCUT2D eigenvalue weighted by Gasteiger charge is 1.95. The van der Waals surface area contributed by atoms with Crippen molar-refractivity contribution in [2.45, 2.75) is 34.1 Å². The summed E-state index contributed by atoms with van der Waals surface area (Å²) in [4.78, 5) is 4.17. The van der Waals surface area contributed by atoms with Gasteiger partial charge in [0.05, 0.1) is 0 Å². The smallest absolute Gasteiger partial charge is 0.0375 e. The van der Waals surface area contributed by atoms with Crippen LogP contribution in [0, 0.1) is 27.7 Å². The Morgan fingerprint density at radius 3 is 1.26 bits per heavy atom. The van der Waals surface area contributed by atoms with E-state index >= 15 is 0 Å². The topological polar surface area (TPSA) is 12.9 Å². The van der Waals surface area contributed by atoms with Crippen LogP contribution in [0.5, 0.6) is 0 Å². The molecule has 3 rings (SSSR count). The van der Waals surface area contributed by atoms with E-state index in [4.69, 9.17) is 0 Å². The van der Waals surface area contributed by atoms with Crippen molar-refractivity contribution in [3.05, 3.63) is 100 Å². The summed E-state index contributed by atoms with van der Waals surface area (Å²) in [5, 5.41) is 0. The van der Waals surface area contributed by atoms with E-state index in [9.17, 15) is 0 Å². The molecule has 0 aliphatic rings. The molecule has 1 nitrogen and oxygen atoms in total. The summed E-state index contributed by atoms with van der Waals surface area (Å²) in [6, 6.07) is 23.5. The van der Waals surface area contributed by atoms with E-state index in [-0.39, 0.29) is 0 Å². The number of aromatic nitrogens is 1. The van der Waals surface area contributed by atoms with Crippen LogP contribution in [0.15, 0.2) is 66.7 Å². The van der Waals surface area contributed by atoms with Crippen LogP contribution < -0.4 is 0 Å². The quantitative estimate of drug-likeness (QED) is 0.601. The van der Waals surface area contributed by atoms with Gasteiger partial charge in [0.2, 0.25) is 0 Å². The maximum Gasteiger partial charge on any atom is 0.0375 e. The van der Waals surface area contributed by atoms with Gasteiger partial charge in [0.25, 0.3) is 0 Å². The number of benzene rings is 2. The van der Waals surface area contributed by atoms with Gasteiger partial charge in [0.1, 0.15) is 0 Å². The third-order valence-electron chi connectivity index (χ3n) is 3.68. The van der Waals surface area contributed by atoms with Gasteiger partial charge in [-0.25, -0.2) is 0 Å². The van der Waals surface area contributed by atoms with E-state index in [0.29, 0.717) is 0 Å². The molecule has 0 bridgehead atoms. The number of rotatable bonds is 2. The zero-order valence-electron chi connectivity index (χ0n) is 14.5. The molecule has 0 N–H and O–H groups in total. The second kappa shape index (κ2) is 8.28. The van der Waals surface area contributed by atoms with Crippen molar-refractivity contribution in [3.8, 4) is 0 Å². The minimum absolute atomic E-state index is 1.03. The van der Waals surface area contributed by atoms with Crippen LogP contribution in [0.25, 0.3) is 0 Å². The van der Waals surface area contributed by atoms with Gasteiger partial charge in [-0.2, -0.15) is 0 Å². The summed E-state index contributed by atoms with van der Waals surface area (Å²) in [5.41, 5.74) is 7.58. The molecule has 0 atom stereocenters. The molecule has 0 saturated heterocycles. The number of nitrogens with zero attached hydrogens (tertiary/aromatic N) is 1. The predicted molar refractivity (Wildman–Crippen MR) is 98.9 cm³/mol. The lowest BCUT2D eigenvalue weighted by molar-refractivity contribution is 1.12. The van der Waals surface area contributed by atoms with Gasteiger partial charge >= 0.3 is 0 Å². The lowest BCUT2D eigenvalue weighted by Crippen LogP contribution is -1.88. The normalized spacial score (nSPS) is 9.91. The van der Waals surface area contributed by atoms with Crippen LogP contribution in [-0.2, 0) is 6.42 Å². The van der Waals surface area contributed by atoms with Crippen molar-refractivity contribution in [1.29, 1.82) is 0 Å². The van der Waals surface area contributed by atoms with Crippen LogP contribution >= 0.6 is 0 Å². The standard InChI is InChI=1S/C15H16.C7H9N/c1-12-3-7-14(8-4-12)11-15-9-5-13(2)6-10-15;1-6-4-3-5-7(2)8-6/h3-10H,11H2,1-2H3;3-5H,1-2H3. The van der Waals surface area contributed by atoms with E-state index < -0.39 is 0 Å². The maximum absolute atomic E-state index is 4.17. The average molecular weight is 303 g/mol. The highest BCUT2D eigenvalue weighted by molar-refractivity contribution is 5.29. The number of pyridine rings is 1. The molecule has 0 spiro atoms. The lowest BCUT2D eigenvalue weighted by atomic mass is 10.0. The lowest BCUT2D eigenvalue weighted by Gasteiger charge is -2.03. The molecule has 1 heteroatoms. The molecule has 0 fully saturated rings. The van der Waals surface area contributed by atoms with E-state index in [1.165, 1.54) is 22.3 Å². The Labute approximate surface area is 140 Å². The molecule has 1 aromatic heterocycles. The Balaban J connectivity index is 0.000000203. The van der Waals surface area contributed by atoms with Crippen LogP contribution in [0.1, 0.15) is 33.6 Å². The Bertz CT molecular complexity index is 664. The number of hydrogen-bond acceptors (Lipinski definition) is 1. The fourth-order valence-corrected chi connectivity index (χ4v) is 2.33. The van der Waals surface area contributed by atoms with E-state index in [1.807, 2.05) is 32.0 Å². The molecule has 1 heterocycles. The molecule has 0 amide bonds. The van der Waals surface area contributed by atoms with Gasteiger partial charge in [0, 0.05) is 11.4 Å². The fourth-order valence-electron chi connectivity index (χ4n) is 2.33. The molecule has 0 aliphatic heterocycles. The minimum Gasteiger partial charge on any atom is -0.258 e. The van der Waals surface area contributed by atoms with Crippen molar-refractivity contribution >= 4 is 0 Å². The van der Waals surface area contributed by atoms with Crippen molar-refractivity contribution < 1.29 is 0 Å². The Hall–Kier alpha value is -2.41. The molecular formula is C22H25N. The molecule has 2 aromatic carbocycles. The average Bonchev–Trinajstić information content (AvgIpc) is 2.52. The first kappa shape index (κ1) is 17.0. The van der Waals surface area contributed by atoms with Crippen LogP contribution in [0.3, 0.4) is 0 Å². The van der Waals surface area contributed by atoms with E-state index in [0.717, 1.165) is 17.8 Å². The Morgan fingerprint density at radius 2 is 0.957 bits per heavy atom. The van der Waals surface area contributed by atoms with Gasteiger partial charge in [-0.15, -0.1) is 0 Å². The molecule has 0 aliphatic carbocycles. The minimum atomic E-state index is 1.03. The first-order chi connectivity index (χ1) is 11.0. The monoisotopic (exact) mass is 303 g/mol. The largest absolute Gasteiger partial charge is 0.258 e. The van der Waals surface area contributed by atoms with Crippen molar-refractivity contribution in [1.82, 2.24) is 4.98 Å². The van der Waals surface area contributed by atoms with E-state index in [1.54, 1.807) is 0 Å². The zero-order valence-corrected chi connectivity index (χ0v) is 14.5. The highest BCUT2D eigenvalue weighted by atomic mass is 14.7. The van der Waals surface area contributed by atoms with Crippen LogP contribution in [-0.4, -0.2) is 4.98 Å².